The minimum absolute atomic E-state index is 0.0266. The first kappa shape index (κ1) is 38.5. The number of ether oxygens (including phenoxy) is 2. The summed E-state index contributed by atoms with van der Waals surface area (Å²) in [6.07, 6.45) is -0.296. The Hall–Kier alpha value is -5.27. The maximum atomic E-state index is 13.4. The van der Waals surface area contributed by atoms with E-state index in [4.69, 9.17) is 18.4 Å². The van der Waals surface area contributed by atoms with Gasteiger partial charge < -0.3 is 29.2 Å². The number of carbonyl (C=O) groups excluding carboxylic acids is 3. The number of furan rings is 1. The van der Waals surface area contributed by atoms with Crippen molar-refractivity contribution < 1.29 is 52.2 Å². The molecule has 5 N–H and O–H groups in total. The summed E-state index contributed by atoms with van der Waals surface area (Å²) in [5, 5.41) is 16.7. The van der Waals surface area contributed by atoms with Crippen molar-refractivity contribution in [1.29, 1.82) is 0 Å². The van der Waals surface area contributed by atoms with E-state index < -0.39 is 50.0 Å². The number of esters is 1. The van der Waals surface area contributed by atoms with Gasteiger partial charge in [0.05, 0.1) is 18.6 Å². The van der Waals surface area contributed by atoms with Gasteiger partial charge in [0.1, 0.15) is 19.3 Å². The van der Waals surface area contributed by atoms with Crippen LogP contribution < -0.4 is 15.7 Å². The SMILES string of the molecule is CC(C)C[C@H](NP(=O)(O)OC(NC(=O)OCc1ccccc1)C(=O)OCc1ccccc1)C(=O)N[C@@H](Cc1ccc(-c2ccoc2)cc1)C(=O)O. The minimum atomic E-state index is -5.10. The van der Waals surface area contributed by atoms with Gasteiger partial charge in [0.25, 0.3) is 0 Å². The lowest BCUT2D eigenvalue weighted by molar-refractivity contribution is -0.155. The van der Waals surface area contributed by atoms with E-state index in [0.717, 1.165) is 11.1 Å². The highest BCUT2D eigenvalue weighted by atomic mass is 31.2. The average molecular weight is 722 g/mol. The number of benzene rings is 3. The monoisotopic (exact) mass is 721 g/mol. The fourth-order valence-corrected chi connectivity index (χ4v) is 5.94. The zero-order valence-electron chi connectivity index (χ0n) is 28.0. The Morgan fingerprint density at radius 3 is 1.92 bits per heavy atom. The van der Waals surface area contributed by atoms with Crippen LogP contribution in [0.1, 0.15) is 37.0 Å². The van der Waals surface area contributed by atoms with Gasteiger partial charge >= 0.3 is 25.8 Å². The zero-order valence-corrected chi connectivity index (χ0v) is 28.9. The van der Waals surface area contributed by atoms with Gasteiger partial charge in [0.2, 0.25) is 12.1 Å². The molecule has 0 fully saturated rings. The molecular formula is C36H40N3O11P. The first-order valence-corrected chi connectivity index (χ1v) is 17.6. The van der Waals surface area contributed by atoms with E-state index in [1.165, 1.54) is 6.26 Å². The first-order valence-electron chi connectivity index (χ1n) is 16.0. The molecule has 0 saturated carbocycles. The summed E-state index contributed by atoms with van der Waals surface area (Å²) in [4.78, 5) is 62.2. The van der Waals surface area contributed by atoms with Crippen LogP contribution in [-0.4, -0.2) is 52.3 Å². The number of amides is 2. The number of hydrogen-bond donors (Lipinski definition) is 5. The molecule has 4 rings (SSSR count). The van der Waals surface area contributed by atoms with Gasteiger partial charge in [-0.2, -0.15) is 0 Å². The van der Waals surface area contributed by atoms with E-state index in [2.05, 4.69) is 15.7 Å². The number of carboxylic acid groups (broad SMARTS) is 1. The number of alkyl carbamates (subject to hydrolysis) is 1. The molecule has 0 saturated heterocycles. The van der Waals surface area contributed by atoms with Crippen LogP contribution in [0.5, 0.6) is 0 Å². The summed E-state index contributed by atoms with van der Waals surface area (Å²) in [5.41, 5.74) is 3.54. The quantitative estimate of drug-likeness (QED) is 0.0513. The van der Waals surface area contributed by atoms with Crippen LogP contribution in [0, 0.1) is 5.92 Å². The maximum absolute atomic E-state index is 13.4. The molecule has 0 spiro atoms. The number of nitrogens with one attached hydrogen (secondary N) is 3. The second kappa shape index (κ2) is 18.6. The first-order chi connectivity index (χ1) is 24.4. The summed E-state index contributed by atoms with van der Waals surface area (Å²) in [7, 11) is -5.10. The largest absolute Gasteiger partial charge is 0.480 e. The van der Waals surface area contributed by atoms with Gasteiger partial charge in [-0.3, -0.25) is 14.6 Å². The molecule has 2 unspecified atom stereocenters. The van der Waals surface area contributed by atoms with Crippen molar-refractivity contribution in [2.24, 2.45) is 5.92 Å². The van der Waals surface area contributed by atoms with Crippen molar-refractivity contribution in [2.75, 3.05) is 0 Å². The molecule has 0 aliphatic heterocycles. The molecule has 1 heterocycles. The molecule has 0 aliphatic rings. The summed E-state index contributed by atoms with van der Waals surface area (Å²) >= 11 is 0. The number of carbonyl (C=O) groups is 4. The van der Waals surface area contributed by atoms with Crippen LogP contribution in [0.3, 0.4) is 0 Å². The Morgan fingerprint density at radius 2 is 1.37 bits per heavy atom. The lowest BCUT2D eigenvalue weighted by atomic mass is 10.0. The molecule has 0 radical (unpaired) electrons. The Kier molecular flexibility index (Phi) is 14.1. The Bertz CT molecular complexity index is 1770. The van der Waals surface area contributed by atoms with Crippen LogP contribution >= 0.6 is 7.75 Å². The van der Waals surface area contributed by atoms with E-state index in [1.54, 1.807) is 111 Å². The number of aliphatic carboxylic acids is 1. The van der Waals surface area contributed by atoms with Crippen LogP contribution in [0.4, 0.5) is 4.79 Å². The molecule has 270 valence electrons. The van der Waals surface area contributed by atoms with E-state index in [1.807, 2.05) is 0 Å². The molecule has 4 atom stereocenters. The van der Waals surface area contributed by atoms with Gasteiger partial charge in [-0.05, 0) is 40.7 Å². The predicted molar refractivity (Wildman–Crippen MR) is 184 cm³/mol. The molecular weight excluding hydrogens is 681 g/mol. The number of carboxylic acids is 1. The fourth-order valence-electron chi connectivity index (χ4n) is 4.83. The highest BCUT2D eigenvalue weighted by Gasteiger charge is 2.37. The molecule has 0 bridgehead atoms. The summed E-state index contributed by atoms with van der Waals surface area (Å²) < 4.78 is 34.1. The third kappa shape index (κ3) is 12.8. The standard InChI is InChI=1S/C36H40N3O11P/c1-24(2)19-30(32(40)37-31(34(41)42)20-25-13-15-28(16-14-25)29-17-18-47-23-29)39-51(45,46)50-33(35(43)48-21-26-9-5-3-6-10-26)38-36(44)49-22-27-11-7-4-8-12-27/h3-18,23-24,30-31,33H,19-22H2,1-2H3,(H,37,40)(H,38,44)(H,41,42)(H2,39,45,46)/t30-,31-,33?/m0/s1. The van der Waals surface area contributed by atoms with E-state index in [0.29, 0.717) is 16.7 Å². The van der Waals surface area contributed by atoms with Crippen molar-refractivity contribution in [3.05, 3.63) is 120 Å². The Labute approximate surface area is 294 Å². The van der Waals surface area contributed by atoms with Gasteiger partial charge in [-0.15, -0.1) is 0 Å². The van der Waals surface area contributed by atoms with Crippen LogP contribution in [0.25, 0.3) is 11.1 Å². The van der Waals surface area contributed by atoms with Crippen LogP contribution in [0.15, 0.2) is 108 Å². The normalized spacial score (nSPS) is 14.0. The zero-order chi connectivity index (χ0) is 36.8. The summed E-state index contributed by atoms with van der Waals surface area (Å²) in [6, 6.07) is 23.2. The van der Waals surface area contributed by atoms with E-state index in [9.17, 15) is 33.7 Å². The average Bonchev–Trinajstić information content (AvgIpc) is 3.65. The molecule has 1 aromatic heterocycles. The summed E-state index contributed by atoms with van der Waals surface area (Å²) in [5.74, 6) is -3.67. The van der Waals surface area contributed by atoms with Crippen LogP contribution in [-0.2, 0) is 52.6 Å². The van der Waals surface area contributed by atoms with E-state index >= 15 is 0 Å². The Balaban J connectivity index is 1.44. The molecule has 3 aromatic carbocycles. The molecule has 0 aliphatic carbocycles. The minimum Gasteiger partial charge on any atom is -0.480 e. The fraction of sp³-hybridized carbons (Fsp3) is 0.278. The predicted octanol–water partition coefficient (Wildman–Crippen LogP) is 5.18. The second-order valence-electron chi connectivity index (χ2n) is 11.9. The highest BCUT2D eigenvalue weighted by molar-refractivity contribution is 7.50. The molecule has 15 heteroatoms. The van der Waals surface area contributed by atoms with Crippen molar-refractivity contribution in [3.63, 3.8) is 0 Å². The molecule has 2 amide bonds. The van der Waals surface area contributed by atoms with Crippen molar-refractivity contribution in [1.82, 2.24) is 15.7 Å². The van der Waals surface area contributed by atoms with Crippen LogP contribution in [0.2, 0.25) is 0 Å². The maximum Gasteiger partial charge on any atom is 0.409 e. The number of rotatable bonds is 18. The lowest BCUT2D eigenvalue weighted by Crippen LogP contribution is -2.51. The topological polar surface area (TPSA) is 203 Å². The van der Waals surface area contributed by atoms with Gasteiger partial charge in [0.15, 0.2) is 0 Å². The third-order valence-corrected chi connectivity index (χ3v) is 8.49. The van der Waals surface area contributed by atoms with Gasteiger partial charge in [-0.1, -0.05) is 98.8 Å². The smallest absolute Gasteiger partial charge is 0.409 e. The lowest BCUT2D eigenvalue weighted by Gasteiger charge is -2.26. The summed E-state index contributed by atoms with van der Waals surface area (Å²) in [6.45, 7) is 3.07. The Morgan fingerprint density at radius 1 is 0.765 bits per heavy atom. The molecule has 4 aromatic rings. The second-order valence-corrected chi connectivity index (χ2v) is 13.4. The molecule has 14 nitrogen and oxygen atoms in total. The molecule has 51 heavy (non-hydrogen) atoms. The highest BCUT2D eigenvalue weighted by Crippen LogP contribution is 2.40. The third-order valence-electron chi connectivity index (χ3n) is 7.35. The van der Waals surface area contributed by atoms with Crippen molar-refractivity contribution in [3.8, 4) is 11.1 Å². The number of hydrogen-bond acceptors (Lipinski definition) is 9. The van der Waals surface area contributed by atoms with Gasteiger partial charge in [0, 0.05) is 12.0 Å². The van der Waals surface area contributed by atoms with Crippen molar-refractivity contribution >= 4 is 31.7 Å². The van der Waals surface area contributed by atoms with Crippen molar-refractivity contribution in [2.45, 2.75) is 58.2 Å². The van der Waals surface area contributed by atoms with E-state index in [-0.39, 0.29) is 32.0 Å². The van der Waals surface area contributed by atoms with Gasteiger partial charge in [-0.25, -0.2) is 24.0 Å².